The molecule has 3 rings (SSSR count). The lowest BCUT2D eigenvalue weighted by atomic mass is 10.1. The fraction of sp³-hybridized carbons (Fsp3) is 0.312. The number of benzene rings is 1. The van der Waals surface area contributed by atoms with Crippen molar-refractivity contribution in [2.75, 3.05) is 7.11 Å². The molecular formula is C16H16N4O. The van der Waals surface area contributed by atoms with E-state index >= 15 is 0 Å². The summed E-state index contributed by atoms with van der Waals surface area (Å²) >= 11 is 0. The zero-order chi connectivity index (χ0) is 14.5. The highest BCUT2D eigenvalue weighted by Crippen LogP contribution is 2.27. The number of hydrogen-bond donors (Lipinski definition) is 0. The Kier molecular flexibility index (Phi) is 3.97. The average molecular weight is 280 g/mol. The minimum atomic E-state index is 0.515. The van der Waals surface area contributed by atoms with E-state index in [9.17, 15) is 0 Å². The summed E-state index contributed by atoms with van der Waals surface area (Å²) in [6, 6.07) is 8.03. The molecule has 1 aromatic carbocycles. The molecule has 0 radical (unpaired) electrons. The minimum Gasteiger partial charge on any atom is -0.399 e. The monoisotopic (exact) mass is 280 g/mol. The summed E-state index contributed by atoms with van der Waals surface area (Å²) in [5, 5.41) is 8.16. The fourth-order valence-electron chi connectivity index (χ4n) is 1.91. The van der Waals surface area contributed by atoms with Crippen LogP contribution in [-0.4, -0.2) is 27.6 Å². The Bertz CT molecular complexity index is 673. The van der Waals surface area contributed by atoms with Crippen molar-refractivity contribution in [3.63, 3.8) is 0 Å². The maximum atomic E-state index is 4.92. The molecule has 1 aliphatic rings. The summed E-state index contributed by atoms with van der Waals surface area (Å²) in [7, 11) is 1.54. The zero-order valence-electron chi connectivity index (χ0n) is 11.9. The van der Waals surface area contributed by atoms with Gasteiger partial charge in [0.25, 0.3) is 0 Å². The molecule has 5 nitrogen and oxygen atoms in total. The maximum absolute atomic E-state index is 4.92. The van der Waals surface area contributed by atoms with Crippen LogP contribution in [0, 0.1) is 17.8 Å². The second-order valence-electron chi connectivity index (χ2n) is 4.93. The van der Waals surface area contributed by atoms with Gasteiger partial charge < -0.3 is 4.84 Å². The second-order valence-corrected chi connectivity index (χ2v) is 4.93. The highest BCUT2D eigenvalue weighted by Gasteiger charge is 2.17. The molecule has 5 heteroatoms. The van der Waals surface area contributed by atoms with Crippen LogP contribution < -0.4 is 0 Å². The highest BCUT2D eigenvalue weighted by atomic mass is 16.6. The molecule has 0 bridgehead atoms. The molecule has 21 heavy (non-hydrogen) atoms. The summed E-state index contributed by atoms with van der Waals surface area (Å²) in [6.07, 6.45) is 5.64. The standard InChI is InChI=1S/C16H16N4O/c1-21-19-16(10-20-12-17-11-18-20)15-8-6-14(7-9-15)5-4-13-2-3-13/h6-9,11-13H,2-3,10H2,1H3. The van der Waals surface area contributed by atoms with E-state index in [1.54, 1.807) is 11.0 Å². The largest absolute Gasteiger partial charge is 0.399 e. The van der Waals surface area contributed by atoms with Crippen molar-refractivity contribution in [1.82, 2.24) is 14.8 Å². The summed E-state index contributed by atoms with van der Waals surface area (Å²) in [4.78, 5) is 8.85. The van der Waals surface area contributed by atoms with Crippen LogP contribution in [0.15, 0.2) is 42.1 Å². The summed E-state index contributed by atoms with van der Waals surface area (Å²) in [5.41, 5.74) is 2.82. The lowest BCUT2D eigenvalue weighted by molar-refractivity contribution is 0.212. The zero-order valence-corrected chi connectivity index (χ0v) is 11.9. The van der Waals surface area contributed by atoms with Gasteiger partial charge in [-0.2, -0.15) is 5.10 Å². The third-order valence-corrected chi connectivity index (χ3v) is 3.20. The van der Waals surface area contributed by atoms with Crippen molar-refractivity contribution in [2.45, 2.75) is 19.4 Å². The van der Waals surface area contributed by atoms with Gasteiger partial charge in [-0.05, 0) is 25.0 Å². The van der Waals surface area contributed by atoms with Gasteiger partial charge in [0.1, 0.15) is 25.5 Å². The van der Waals surface area contributed by atoms with E-state index in [4.69, 9.17) is 4.84 Å². The number of rotatable bonds is 4. The van der Waals surface area contributed by atoms with Gasteiger partial charge in [-0.15, -0.1) is 0 Å². The topological polar surface area (TPSA) is 52.3 Å². The van der Waals surface area contributed by atoms with Crippen LogP contribution in [0.5, 0.6) is 0 Å². The molecule has 1 heterocycles. The van der Waals surface area contributed by atoms with Gasteiger partial charge in [-0.1, -0.05) is 29.1 Å². The molecule has 0 unspecified atom stereocenters. The molecule has 1 saturated carbocycles. The lowest BCUT2D eigenvalue weighted by Gasteiger charge is -2.06. The number of hydrogen-bond acceptors (Lipinski definition) is 4. The van der Waals surface area contributed by atoms with Crippen LogP contribution in [0.4, 0.5) is 0 Å². The van der Waals surface area contributed by atoms with E-state index < -0.39 is 0 Å². The average Bonchev–Trinajstić information content (AvgIpc) is 3.21. The molecule has 106 valence electrons. The first kappa shape index (κ1) is 13.4. The van der Waals surface area contributed by atoms with E-state index in [1.807, 2.05) is 24.3 Å². The highest BCUT2D eigenvalue weighted by molar-refractivity contribution is 6.00. The van der Waals surface area contributed by atoms with E-state index in [-0.39, 0.29) is 0 Å². The summed E-state index contributed by atoms with van der Waals surface area (Å²) < 4.78 is 1.71. The third kappa shape index (κ3) is 3.69. The van der Waals surface area contributed by atoms with Crippen molar-refractivity contribution >= 4 is 5.71 Å². The molecular weight excluding hydrogens is 264 g/mol. The summed E-state index contributed by atoms with van der Waals surface area (Å²) in [6.45, 7) is 0.515. The van der Waals surface area contributed by atoms with Crippen molar-refractivity contribution in [3.05, 3.63) is 48.0 Å². The molecule has 0 aliphatic heterocycles. The normalized spacial score (nSPS) is 14.4. The second kappa shape index (κ2) is 6.23. The molecule has 1 aromatic heterocycles. The van der Waals surface area contributed by atoms with Gasteiger partial charge in [0.05, 0.1) is 6.54 Å². The first-order chi connectivity index (χ1) is 10.3. The first-order valence-electron chi connectivity index (χ1n) is 6.89. The quantitative estimate of drug-likeness (QED) is 0.489. The van der Waals surface area contributed by atoms with Gasteiger partial charge in [0.15, 0.2) is 0 Å². The Hall–Kier alpha value is -2.61. The van der Waals surface area contributed by atoms with E-state index in [2.05, 4.69) is 27.1 Å². The minimum absolute atomic E-state index is 0.515. The number of nitrogens with zero attached hydrogens (tertiary/aromatic N) is 4. The number of aromatic nitrogens is 3. The van der Waals surface area contributed by atoms with E-state index in [0.717, 1.165) is 16.8 Å². The Morgan fingerprint density at radius 3 is 2.81 bits per heavy atom. The van der Waals surface area contributed by atoms with Gasteiger partial charge in [-0.25, -0.2) is 9.67 Å². The van der Waals surface area contributed by atoms with E-state index in [1.165, 1.54) is 26.3 Å². The van der Waals surface area contributed by atoms with Crippen LogP contribution in [0.2, 0.25) is 0 Å². The van der Waals surface area contributed by atoms with Crippen molar-refractivity contribution in [3.8, 4) is 11.8 Å². The first-order valence-corrected chi connectivity index (χ1v) is 6.89. The molecule has 2 aromatic rings. The van der Waals surface area contributed by atoms with Gasteiger partial charge in [0, 0.05) is 17.0 Å². The summed E-state index contributed by atoms with van der Waals surface area (Å²) in [5.74, 6) is 7.07. The van der Waals surface area contributed by atoms with Crippen molar-refractivity contribution in [1.29, 1.82) is 0 Å². The fourth-order valence-corrected chi connectivity index (χ4v) is 1.91. The molecule has 0 atom stereocenters. The Labute approximate surface area is 123 Å². The van der Waals surface area contributed by atoms with Crippen molar-refractivity contribution < 1.29 is 4.84 Å². The predicted octanol–water partition coefficient (Wildman–Crippen LogP) is 2.09. The molecule has 1 fully saturated rings. The Balaban J connectivity index is 1.76. The van der Waals surface area contributed by atoms with Gasteiger partial charge in [-0.3, -0.25) is 0 Å². The van der Waals surface area contributed by atoms with Crippen LogP contribution in [0.1, 0.15) is 24.0 Å². The number of oxime groups is 1. The molecule has 0 amide bonds. The third-order valence-electron chi connectivity index (χ3n) is 3.20. The van der Waals surface area contributed by atoms with Crippen molar-refractivity contribution in [2.24, 2.45) is 11.1 Å². The smallest absolute Gasteiger partial charge is 0.137 e. The molecule has 0 spiro atoms. The lowest BCUT2D eigenvalue weighted by Crippen LogP contribution is -2.12. The van der Waals surface area contributed by atoms with Crippen LogP contribution >= 0.6 is 0 Å². The Morgan fingerprint density at radius 2 is 2.19 bits per heavy atom. The predicted molar refractivity (Wildman–Crippen MR) is 79.6 cm³/mol. The molecule has 0 saturated heterocycles. The van der Waals surface area contributed by atoms with Gasteiger partial charge in [0.2, 0.25) is 0 Å². The van der Waals surface area contributed by atoms with Crippen LogP contribution in [0.3, 0.4) is 0 Å². The maximum Gasteiger partial charge on any atom is 0.137 e. The van der Waals surface area contributed by atoms with Gasteiger partial charge >= 0.3 is 0 Å². The van der Waals surface area contributed by atoms with Crippen LogP contribution in [0.25, 0.3) is 0 Å². The SMILES string of the molecule is CON=C(Cn1cncn1)c1ccc(C#CC2CC2)cc1. The van der Waals surface area contributed by atoms with Crippen LogP contribution in [-0.2, 0) is 11.4 Å². The molecule has 0 N–H and O–H groups in total. The Morgan fingerprint density at radius 1 is 1.38 bits per heavy atom. The molecule has 1 aliphatic carbocycles. The van der Waals surface area contributed by atoms with E-state index in [0.29, 0.717) is 12.5 Å².